The van der Waals surface area contributed by atoms with Crippen molar-refractivity contribution in [1.82, 2.24) is 5.32 Å². The summed E-state index contributed by atoms with van der Waals surface area (Å²) >= 11 is 0. The molecule has 0 aromatic heterocycles. The number of carbonyl (C=O) groups excluding carboxylic acids is 1. The van der Waals surface area contributed by atoms with Gasteiger partial charge in [0.2, 0.25) is 10.0 Å². The number of hydrogen-bond acceptors (Lipinski definition) is 4. The molecule has 0 radical (unpaired) electrons. The number of likely N-dealkylation sites (N-methyl/N-ethyl adjacent to an activating group) is 1. The Morgan fingerprint density at radius 3 is 2.52 bits per heavy atom. The summed E-state index contributed by atoms with van der Waals surface area (Å²) in [4.78, 5) is 14.7. The average Bonchev–Trinajstić information content (AvgIpc) is 2.68. The Morgan fingerprint density at radius 1 is 1.10 bits per heavy atom. The molecule has 0 aliphatic carbocycles. The fraction of sp³-hybridized carbons (Fsp3) is 0.409. The van der Waals surface area contributed by atoms with Crippen LogP contribution in [0, 0.1) is 13.8 Å². The van der Waals surface area contributed by atoms with Crippen molar-refractivity contribution in [3.8, 4) is 0 Å². The number of nitrogens with zero attached hydrogens (tertiary/aromatic N) is 2. The minimum atomic E-state index is -3.31. The van der Waals surface area contributed by atoms with E-state index >= 15 is 0 Å². The highest BCUT2D eigenvalue weighted by Gasteiger charge is 2.27. The summed E-state index contributed by atoms with van der Waals surface area (Å²) in [6.07, 6.45) is 1.52. The number of carbonyl (C=O) groups is 1. The number of nitrogens with one attached hydrogen (secondary N) is 1. The predicted octanol–water partition coefficient (Wildman–Crippen LogP) is 3.10. The summed E-state index contributed by atoms with van der Waals surface area (Å²) in [6.45, 7) is 5.56. The van der Waals surface area contributed by atoms with E-state index in [0.29, 0.717) is 37.3 Å². The van der Waals surface area contributed by atoms with Crippen LogP contribution in [-0.4, -0.2) is 46.8 Å². The third-order valence-corrected chi connectivity index (χ3v) is 7.15. The molecule has 0 atom stereocenters. The molecule has 1 fully saturated rings. The van der Waals surface area contributed by atoms with E-state index in [1.54, 1.807) is 12.1 Å². The van der Waals surface area contributed by atoms with Crippen LogP contribution in [0.4, 0.5) is 11.4 Å². The van der Waals surface area contributed by atoms with Crippen LogP contribution >= 0.6 is 0 Å². The van der Waals surface area contributed by atoms with Crippen molar-refractivity contribution in [2.75, 3.05) is 41.6 Å². The third-order valence-electron chi connectivity index (χ3n) is 5.30. The highest BCUT2D eigenvalue weighted by atomic mass is 32.2. The number of benzene rings is 2. The summed E-state index contributed by atoms with van der Waals surface area (Å²) < 4.78 is 26.3. The molecule has 0 unspecified atom stereocenters. The van der Waals surface area contributed by atoms with Crippen molar-refractivity contribution < 1.29 is 13.2 Å². The molecular formula is C22H29N3O3S. The Balaban J connectivity index is 1.64. The predicted molar refractivity (Wildman–Crippen MR) is 118 cm³/mol. The zero-order chi connectivity index (χ0) is 21.0. The van der Waals surface area contributed by atoms with Crippen LogP contribution in [0.3, 0.4) is 0 Å². The summed E-state index contributed by atoms with van der Waals surface area (Å²) in [7, 11) is -1.32. The van der Waals surface area contributed by atoms with Crippen molar-refractivity contribution in [3.63, 3.8) is 0 Å². The van der Waals surface area contributed by atoms with E-state index in [1.807, 2.05) is 20.0 Å². The first kappa shape index (κ1) is 21.2. The van der Waals surface area contributed by atoms with Gasteiger partial charge in [0.1, 0.15) is 0 Å². The summed E-state index contributed by atoms with van der Waals surface area (Å²) in [5.74, 6) is -0.0354. The van der Waals surface area contributed by atoms with Gasteiger partial charge in [-0.15, -0.1) is 0 Å². The second-order valence-corrected chi connectivity index (χ2v) is 9.62. The number of aryl methyl sites for hydroxylation is 2. The van der Waals surface area contributed by atoms with Crippen LogP contribution in [0.2, 0.25) is 0 Å². The number of amides is 1. The first-order valence-corrected chi connectivity index (χ1v) is 11.6. The van der Waals surface area contributed by atoms with Gasteiger partial charge in [-0.05, 0) is 56.5 Å². The van der Waals surface area contributed by atoms with Gasteiger partial charge in [-0.3, -0.25) is 9.10 Å². The Kier molecular flexibility index (Phi) is 6.47. The van der Waals surface area contributed by atoms with E-state index in [2.05, 4.69) is 41.4 Å². The van der Waals surface area contributed by atoms with Gasteiger partial charge in [0.15, 0.2) is 0 Å². The van der Waals surface area contributed by atoms with E-state index in [-0.39, 0.29) is 11.7 Å². The van der Waals surface area contributed by atoms with Crippen molar-refractivity contribution in [3.05, 3.63) is 59.2 Å². The third kappa shape index (κ3) is 5.09. The van der Waals surface area contributed by atoms with Crippen molar-refractivity contribution in [2.45, 2.75) is 26.7 Å². The molecule has 0 saturated carbocycles. The van der Waals surface area contributed by atoms with Gasteiger partial charge in [-0.25, -0.2) is 8.42 Å². The Hall–Kier alpha value is -2.54. The number of rotatable bonds is 6. The summed E-state index contributed by atoms with van der Waals surface area (Å²) in [6, 6.07) is 13.5. The first-order chi connectivity index (χ1) is 13.8. The van der Waals surface area contributed by atoms with E-state index in [4.69, 9.17) is 0 Å². The van der Waals surface area contributed by atoms with Crippen molar-refractivity contribution in [2.24, 2.45) is 0 Å². The van der Waals surface area contributed by atoms with Gasteiger partial charge in [-0.2, -0.15) is 0 Å². The molecule has 2 aromatic carbocycles. The van der Waals surface area contributed by atoms with Gasteiger partial charge in [-0.1, -0.05) is 23.8 Å². The van der Waals surface area contributed by atoms with E-state index < -0.39 is 10.0 Å². The highest BCUT2D eigenvalue weighted by molar-refractivity contribution is 7.92. The lowest BCUT2D eigenvalue weighted by atomic mass is 10.1. The molecule has 1 aliphatic rings. The maximum Gasteiger partial charge on any atom is 0.251 e. The SMILES string of the molecule is Cc1ccc(N(C)CCNC(=O)c2ccc(C)c(N3CCCCS3(=O)=O)c2)cc1. The summed E-state index contributed by atoms with van der Waals surface area (Å²) in [5, 5.41) is 2.93. The molecule has 6 nitrogen and oxygen atoms in total. The maximum absolute atomic E-state index is 12.6. The van der Waals surface area contributed by atoms with Gasteiger partial charge in [0.25, 0.3) is 5.91 Å². The minimum absolute atomic E-state index is 0.161. The quantitative estimate of drug-likeness (QED) is 0.787. The van der Waals surface area contributed by atoms with Crippen LogP contribution < -0.4 is 14.5 Å². The molecule has 2 aromatic rings. The molecule has 1 N–H and O–H groups in total. The Morgan fingerprint density at radius 2 is 1.83 bits per heavy atom. The summed E-state index contributed by atoms with van der Waals surface area (Å²) in [5.41, 5.74) is 4.24. The zero-order valence-corrected chi connectivity index (χ0v) is 18.1. The smallest absolute Gasteiger partial charge is 0.251 e. The lowest BCUT2D eigenvalue weighted by molar-refractivity contribution is 0.0954. The topological polar surface area (TPSA) is 69.7 Å². The molecule has 29 heavy (non-hydrogen) atoms. The number of hydrogen-bond donors (Lipinski definition) is 1. The minimum Gasteiger partial charge on any atom is -0.373 e. The second-order valence-electron chi connectivity index (χ2n) is 7.61. The molecule has 3 rings (SSSR count). The van der Waals surface area contributed by atoms with Crippen LogP contribution in [-0.2, 0) is 10.0 Å². The highest BCUT2D eigenvalue weighted by Crippen LogP contribution is 2.28. The second kappa shape index (κ2) is 8.86. The fourth-order valence-corrected chi connectivity index (χ4v) is 5.14. The lowest BCUT2D eigenvalue weighted by Gasteiger charge is -2.29. The van der Waals surface area contributed by atoms with Crippen molar-refractivity contribution >= 4 is 27.3 Å². The average molecular weight is 416 g/mol. The van der Waals surface area contributed by atoms with Gasteiger partial charge in [0, 0.05) is 37.9 Å². The zero-order valence-electron chi connectivity index (χ0n) is 17.3. The lowest BCUT2D eigenvalue weighted by Crippen LogP contribution is -2.38. The van der Waals surface area contributed by atoms with Crippen LogP contribution in [0.5, 0.6) is 0 Å². The monoisotopic (exact) mass is 415 g/mol. The molecule has 1 aliphatic heterocycles. The normalized spacial score (nSPS) is 15.8. The van der Waals surface area contributed by atoms with Crippen LogP contribution in [0.15, 0.2) is 42.5 Å². The largest absolute Gasteiger partial charge is 0.373 e. The standard InChI is InChI=1S/C22H29N3O3S/c1-17-6-10-20(11-7-17)24(3)14-12-23-22(26)19-9-8-18(2)21(16-19)25-13-4-5-15-29(25,27)28/h6-11,16H,4-5,12-15H2,1-3H3,(H,23,26). The molecule has 1 heterocycles. The molecule has 7 heteroatoms. The van der Waals surface area contributed by atoms with Gasteiger partial charge >= 0.3 is 0 Å². The van der Waals surface area contributed by atoms with E-state index in [0.717, 1.165) is 17.7 Å². The van der Waals surface area contributed by atoms with E-state index in [9.17, 15) is 13.2 Å². The van der Waals surface area contributed by atoms with Gasteiger partial charge < -0.3 is 10.2 Å². The van der Waals surface area contributed by atoms with Gasteiger partial charge in [0.05, 0.1) is 11.4 Å². The van der Waals surface area contributed by atoms with E-state index in [1.165, 1.54) is 9.87 Å². The molecule has 0 spiro atoms. The first-order valence-electron chi connectivity index (χ1n) is 9.95. The fourth-order valence-electron chi connectivity index (χ4n) is 3.45. The maximum atomic E-state index is 12.6. The molecule has 156 valence electrons. The molecular weight excluding hydrogens is 386 g/mol. The Bertz CT molecular complexity index is 971. The molecule has 1 amide bonds. The van der Waals surface area contributed by atoms with Crippen LogP contribution in [0.25, 0.3) is 0 Å². The van der Waals surface area contributed by atoms with Crippen molar-refractivity contribution in [1.29, 1.82) is 0 Å². The van der Waals surface area contributed by atoms with Crippen LogP contribution in [0.1, 0.15) is 34.3 Å². The molecule has 1 saturated heterocycles. The number of sulfonamides is 1. The number of anilines is 2. The Labute approximate surface area is 173 Å². The molecule has 0 bridgehead atoms.